The topological polar surface area (TPSA) is 3.24 Å². The van der Waals surface area contributed by atoms with Crippen LogP contribution in [0.2, 0.25) is 0 Å². The van der Waals surface area contributed by atoms with E-state index in [1.165, 1.54) is 9.75 Å². The Morgan fingerprint density at radius 2 is 2.00 bits per heavy atom. The molecule has 1 rings (SSSR count). The zero-order chi connectivity index (χ0) is 20.8. The van der Waals surface area contributed by atoms with Crippen molar-refractivity contribution in [3.05, 3.63) is 46.7 Å². The van der Waals surface area contributed by atoms with Gasteiger partial charge in [-0.3, -0.25) is 4.90 Å². The van der Waals surface area contributed by atoms with Gasteiger partial charge in [0.1, 0.15) is 0 Å². The standard InChI is InChI=1S/C24H35F2NS/c1-5-7-8-9-10-11-12-13-15-22(20-24(25,26)6-2)27(4)19-14-16-23-18-17-21(3)28-23/h6,13,15,17-18,22H,2,5,7,10-12,14,16,19-20H2,1,3-4H3/b15-13+. The lowest BCUT2D eigenvalue weighted by Gasteiger charge is -2.28. The number of rotatable bonds is 13. The highest BCUT2D eigenvalue weighted by molar-refractivity contribution is 7.11. The molecule has 1 aromatic rings. The van der Waals surface area contributed by atoms with Gasteiger partial charge in [-0.1, -0.05) is 25.7 Å². The van der Waals surface area contributed by atoms with Crippen LogP contribution in [0.3, 0.4) is 0 Å². The van der Waals surface area contributed by atoms with Gasteiger partial charge in [0.2, 0.25) is 0 Å². The van der Waals surface area contributed by atoms with Crippen LogP contribution < -0.4 is 0 Å². The molecule has 0 aliphatic carbocycles. The molecule has 1 nitrogen and oxygen atoms in total. The van der Waals surface area contributed by atoms with Gasteiger partial charge in [0.25, 0.3) is 5.92 Å². The summed E-state index contributed by atoms with van der Waals surface area (Å²) >= 11 is 1.81. The Morgan fingerprint density at radius 1 is 1.25 bits per heavy atom. The van der Waals surface area contributed by atoms with E-state index in [1.807, 2.05) is 35.4 Å². The fourth-order valence-electron chi connectivity index (χ4n) is 2.88. The summed E-state index contributed by atoms with van der Waals surface area (Å²) in [5, 5.41) is 0. The molecule has 156 valence electrons. The van der Waals surface area contributed by atoms with Crippen LogP contribution in [0.1, 0.15) is 61.6 Å². The maximum Gasteiger partial charge on any atom is 0.268 e. The highest BCUT2D eigenvalue weighted by Gasteiger charge is 2.29. The minimum absolute atomic E-state index is 0.224. The molecule has 0 amide bonds. The van der Waals surface area contributed by atoms with E-state index in [9.17, 15) is 8.78 Å². The number of likely N-dealkylation sites (N-methyl/N-ethyl adjacent to an activating group) is 1. The van der Waals surface area contributed by atoms with Gasteiger partial charge in [0, 0.05) is 35.1 Å². The predicted molar refractivity (Wildman–Crippen MR) is 119 cm³/mol. The van der Waals surface area contributed by atoms with Crippen molar-refractivity contribution in [2.75, 3.05) is 13.6 Å². The summed E-state index contributed by atoms with van der Waals surface area (Å²) < 4.78 is 27.8. The summed E-state index contributed by atoms with van der Waals surface area (Å²) in [6.45, 7) is 8.31. The number of alkyl halides is 2. The van der Waals surface area contributed by atoms with E-state index < -0.39 is 5.92 Å². The highest BCUT2D eigenvalue weighted by atomic mass is 32.1. The predicted octanol–water partition coefficient (Wildman–Crippen LogP) is 7.03. The van der Waals surface area contributed by atoms with Crippen molar-refractivity contribution in [3.63, 3.8) is 0 Å². The molecular formula is C24H35F2NS. The van der Waals surface area contributed by atoms with Gasteiger partial charge in [0.15, 0.2) is 0 Å². The first-order valence-electron chi connectivity index (χ1n) is 10.3. The van der Waals surface area contributed by atoms with Crippen molar-refractivity contribution in [2.24, 2.45) is 0 Å². The van der Waals surface area contributed by atoms with Crippen molar-refractivity contribution in [2.45, 2.75) is 77.2 Å². The number of unbranched alkanes of at least 4 members (excludes halogenated alkanes) is 3. The Labute approximate surface area is 174 Å². The summed E-state index contributed by atoms with van der Waals surface area (Å²) in [6.07, 6.45) is 11.2. The number of thiophene rings is 1. The van der Waals surface area contributed by atoms with Crippen LogP contribution >= 0.6 is 11.3 Å². The van der Waals surface area contributed by atoms with Gasteiger partial charge in [0.05, 0.1) is 0 Å². The molecule has 0 aliphatic heterocycles. The highest BCUT2D eigenvalue weighted by Crippen LogP contribution is 2.25. The molecule has 0 fully saturated rings. The number of hydrogen-bond acceptors (Lipinski definition) is 2. The van der Waals surface area contributed by atoms with Gasteiger partial charge in [-0.25, -0.2) is 8.78 Å². The average molecular weight is 408 g/mol. The number of hydrogen-bond donors (Lipinski definition) is 0. The van der Waals surface area contributed by atoms with Crippen LogP contribution in [0.4, 0.5) is 8.78 Å². The van der Waals surface area contributed by atoms with Crippen molar-refractivity contribution < 1.29 is 8.78 Å². The Balaban J connectivity index is 2.51. The summed E-state index contributed by atoms with van der Waals surface area (Å²) in [6, 6.07) is 4.00. The maximum absolute atomic E-state index is 13.9. The van der Waals surface area contributed by atoms with Gasteiger partial charge in [-0.2, -0.15) is 0 Å². The average Bonchev–Trinajstić information content (AvgIpc) is 3.08. The maximum atomic E-state index is 13.9. The Bertz CT molecular complexity index is 651. The Morgan fingerprint density at radius 3 is 2.64 bits per heavy atom. The zero-order valence-corrected chi connectivity index (χ0v) is 18.5. The Kier molecular flexibility index (Phi) is 12.0. The van der Waals surface area contributed by atoms with Gasteiger partial charge < -0.3 is 0 Å². The fraction of sp³-hybridized carbons (Fsp3) is 0.583. The molecule has 0 aromatic carbocycles. The van der Waals surface area contributed by atoms with Gasteiger partial charge in [-0.05, 0) is 70.8 Å². The molecule has 28 heavy (non-hydrogen) atoms. The lowest BCUT2D eigenvalue weighted by molar-refractivity contribution is 0.0248. The van der Waals surface area contributed by atoms with E-state index in [0.29, 0.717) is 0 Å². The van der Waals surface area contributed by atoms with E-state index in [2.05, 4.69) is 44.4 Å². The van der Waals surface area contributed by atoms with Crippen LogP contribution in [0, 0.1) is 18.8 Å². The third-order valence-electron chi connectivity index (χ3n) is 4.61. The monoisotopic (exact) mass is 407 g/mol. The third kappa shape index (κ3) is 10.8. The lowest BCUT2D eigenvalue weighted by atomic mass is 10.0. The molecule has 0 saturated carbocycles. The third-order valence-corrected chi connectivity index (χ3v) is 5.67. The van der Waals surface area contributed by atoms with E-state index in [1.54, 1.807) is 0 Å². The molecule has 0 aliphatic rings. The van der Waals surface area contributed by atoms with Crippen molar-refractivity contribution in [1.29, 1.82) is 0 Å². The smallest absolute Gasteiger partial charge is 0.268 e. The van der Waals surface area contributed by atoms with E-state index in [0.717, 1.165) is 57.6 Å². The molecule has 1 heterocycles. The van der Waals surface area contributed by atoms with Crippen LogP contribution in [0.5, 0.6) is 0 Å². The van der Waals surface area contributed by atoms with E-state index in [4.69, 9.17) is 0 Å². The molecule has 4 heteroatoms. The second-order valence-electron chi connectivity index (χ2n) is 7.26. The van der Waals surface area contributed by atoms with Crippen LogP contribution in [-0.4, -0.2) is 30.5 Å². The molecule has 0 N–H and O–H groups in total. The minimum atomic E-state index is -2.85. The number of allylic oxidation sites excluding steroid dienone is 2. The number of nitrogens with zero attached hydrogens (tertiary/aromatic N) is 1. The summed E-state index contributed by atoms with van der Waals surface area (Å²) in [5.74, 6) is 3.45. The van der Waals surface area contributed by atoms with Crippen LogP contribution in [-0.2, 0) is 6.42 Å². The van der Waals surface area contributed by atoms with E-state index in [-0.39, 0.29) is 12.5 Å². The molecular weight excluding hydrogens is 372 g/mol. The SMILES string of the molecule is C=CC(F)(F)CC(/C=C/CCCC#CCCC)N(C)CCCc1ccc(C)s1. The molecule has 1 atom stereocenters. The fourth-order valence-corrected chi connectivity index (χ4v) is 3.82. The number of halogens is 2. The van der Waals surface area contributed by atoms with Crippen LogP contribution in [0.15, 0.2) is 36.9 Å². The molecule has 0 spiro atoms. The first kappa shape index (κ1) is 24.6. The molecule has 1 aromatic heterocycles. The zero-order valence-electron chi connectivity index (χ0n) is 17.6. The van der Waals surface area contributed by atoms with Gasteiger partial charge >= 0.3 is 0 Å². The lowest BCUT2D eigenvalue weighted by Crippen LogP contribution is -2.35. The summed E-state index contributed by atoms with van der Waals surface area (Å²) in [7, 11) is 1.93. The largest absolute Gasteiger partial charge is 0.300 e. The normalized spacial score (nSPS) is 12.9. The van der Waals surface area contributed by atoms with Crippen molar-refractivity contribution in [3.8, 4) is 11.8 Å². The minimum Gasteiger partial charge on any atom is -0.300 e. The molecule has 0 bridgehead atoms. The second kappa shape index (κ2) is 13.7. The molecule has 0 saturated heterocycles. The molecule has 1 unspecified atom stereocenters. The van der Waals surface area contributed by atoms with Crippen molar-refractivity contribution >= 4 is 11.3 Å². The van der Waals surface area contributed by atoms with Crippen LogP contribution in [0.25, 0.3) is 0 Å². The van der Waals surface area contributed by atoms with Crippen molar-refractivity contribution in [1.82, 2.24) is 4.90 Å². The van der Waals surface area contributed by atoms with E-state index >= 15 is 0 Å². The Hall–Kier alpha value is -1.44. The first-order valence-corrected chi connectivity index (χ1v) is 11.1. The number of aryl methyl sites for hydroxylation is 2. The van der Waals surface area contributed by atoms with Gasteiger partial charge in [-0.15, -0.1) is 23.2 Å². The quantitative estimate of drug-likeness (QED) is 0.193. The second-order valence-corrected chi connectivity index (χ2v) is 8.63. The summed E-state index contributed by atoms with van der Waals surface area (Å²) in [4.78, 5) is 4.71. The molecule has 0 radical (unpaired) electrons. The summed E-state index contributed by atoms with van der Waals surface area (Å²) in [5.41, 5.74) is 0. The first-order chi connectivity index (χ1) is 13.4.